The van der Waals surface area contributed by atoms with E-state index in [0.29, 0.717) is 0 Å². The van der Waals surface area contributed by atoms with Gasteiger partial charge < -0.3 is 0 Å². The van der Waals surface area contributed by atoms with E-state index in [-0.39, 0.29) is 0 Å². The lowest BCUT2D eigenvalue weighted by Crippen LogP contribution is -2.15. The van der Waals surface area contributed by atoms with E-state index in [1.165, 1.54) is 0 Å². The van der Waals surface area contributed by atoms with E-state index < -0.39 is 29.6 Å². The van der Waals surface area contributed by atoms with Crippen LogP contribution in [0.1, 0.15) is 6.42 Å². The van der Waals surface area contributed by atoms with Crippen LogP contribution in [0.4, 0.5) is 0 Å². The monoisotopic (exact) mass is 126 g/mol. The largest absolute Gasteiger partial charge is 0.290 e. The van der Waals surface area contributed by atoms with Gasteiger partial charge in [0.1, 0.15) is 0 Å². The zero-order valence-corrected chi connectivity index (χ0v) is 4.34. The van der Waals surface area contributed by atoms with E-state index >= 15 is 0 Å². The second kappa shape index (κ2) is 1.58. The summed E-state index contributed by atoms with van der Waals surface area (Å²) < 4.78 is 0. The molecule has 0 atom stereocenters. The van der Waals surface area contributed by atoms with Crippen molar-refractivity contribution in [1.29, 1.82) is 0 Å². The van der Waals surface area contributed by atoms with Crippen molar-refractivity contribution in [3.8, 4) is 0 Å². The maximum atomic E-state index is 10.2. The summed E-state index contributed by atoms with van der Waals surface area (Å²) in [6, 6.07) is 0. The molecule has 0 heterocycles. The Morgan fingerprint density at radius 2 is 1.11 bits per heavy atom. The van der Waals surface area contributed by atoms with Crippen molar-refractivity contribution in [2.45, 2.75) is 6.42 Å². The molecule has 0 radical (unpaired) electrons. The Morgan fingerprint density at radius 3 is 1.22 bits per heavy atom. The lowest BCUT2D eigenvalue weighted by Gasteiger charge is -1.71. The van der Waals surface area contributed by atoms with Crippen LogP contribution in [0.2, 0.25) is 0 Å². The van der Waals surface area contributed by atoms with Gasteiger partial charge in [-0.3, -0.25) is 19.2 Å². The van der Waals surface area contributed by atoms with E-state index in [9.17, 15) is 19.2 Å². The maximum absolute atomic E-state index is 10.2. The fourth-order valence-corrected chi connectivity index (χ4v) is 0.560. The lowest BCUT2D eigenvalue weighted by atomic mass is 10.3. The van der Waals surface area contributed by atoms with Crippen LogP contribution in [0.25, 0.3) is 0 Å². The highest BCUT2D eigenvalue weighted by molar-refractivity contribution is 6.85. The lowest BCUT2D eigenvalue weighted by molar-refractivity contribution is -0.142. The van der Waals surface area contributed by atoms with Gasteiger partial charge in [-0.15, -0.1) is 0 Å². The predicted octanol–water partition coefficient (Wildman–Crippen LogP) is -1.33. The second-order valence-corrected chi connectivity index (χ2v) is 1.68. The third-order valence-electron chi connectivity index (χ3n) is 1.03. The van der Waals surface area contributed by atoms with Crippen LogP contribution < -0.4 is 0 Å². The summed E-state index contributed by atoms with van der Waals surface area (Å²) in [6.07, 6.45) is -0.530. The molecule has 1 saturated carbocycles. The minimum atomic E-state index is -1.17. The molecule has 0 saturated heterocycles. The van der Waals surface area contributed by atoms with Crippen molar-refractivity contribution < 1.29 is 19.2 Å². The van der Waals surface area contributed by atoms with Crippen molar-refractivity contribution in [1.82, 2.24) is 0 Å². The zero-order valence-electron chi connectivity index (χ0n) is 4.34. The van der Waals surface area contributed by atoms with Gasteiger partial charge >= 0.3 is 0 Å². The molecule has 0 unspecified atom stereocenters. The smallest absolute Gasteiger partial charge is 0.272 e. The molecule has 1 aliphatic rings. The van der Waals surface area contributed by atoms with Crippen LogP contribution in [-0.4, -0.2) is 23.1 Å². The molecular formula is C5H2O4. The number of carbonyl (C=O) groups excluding carboxylic acids is 4. The van der Waals surface area contributed by atoms with Crippen LogP contribution in [0, 0.1) is 0 Å². The minimum Gasteiger partial charge on any atom is -0.290 e. The van der Waals surface area contributed by atoms with Gasteiger partial charge in [-0.05, 0) is 0 Å². The van der Waals surface area contributed by atoms with E-state index in [1.807, 2.05) is 0 Å². The molecule has 0 spiro atoms. The molecular weight excluding hydrogens is 124 g/mol. The van der Waals surface area contributed by atoms with E-state index in [0.717, 1.165) is 0 Å². The molecule has 4 nitrogen and oxygen atoms in total. The summed E-state index contributed by atoms with van der Waals surface area (Å²) in [6.45, 7) is 0. The van der Waals surface area contributed by atoms with E-state index in [4.69, 9.17) is 0 Å². The van der Waals surface area contributed by atoms with Crippen molar-refractivity contribution in [3.05, 3.63) is 0 Å². The molecule has 4 heteroatoms. The van der Waals surface area contributed by atoms with Crippen LogP contribution in [0.15, 0.2) is 0 Å². The molecule has 1 rings (SSSR count). The van der Waals surface area contributed by atoms with Gasteiger partial charge in [0.05, 0.1) is 6.42 Å². The molecule has 1 fully saturated rings. The summed E-state index contributed by atoms with van der Waals surface area (Å²) in [5, 5.41) is 0. The first-order valence-electron chi connectivity index (χ1n) is 2.27. The minimum absolute atomic E-state index is 0.530. The molecule has 0 N–H and O–H groups in total. The molecule has 1 aliphatic carbocycles. The second-order valence-electron chi connectivity index (χ2n) is 1.68. The fraction of sp³-hybridized carbons (Fsp3) is 0.200. The highest BCUT2D eigenvalue weighted by Crippen LogP contribution is 2.00. The molecule has 46 valence electrons. The predicted molar refractivity (Wildman–Crippen MR) is 24.6 cm³/mol. The number of carbonyl (C=O) groups is 4. The Hall–Kier alpha value is -1.32. The van der Waals surface area contributed by atoms with Crippen molar-refractivity contribution in [3.63, 3.8) is 0 Å². The SMILES string of the molecule is O=C1CC(=O)C(=O)C1=O. The first kappa shape index (κ1) is 5.81. The van der Waals surface area contributed by atoms with Crippen molar-refractivity contribution in [2.75, 3.05) is 0 Å². The van der Waals surface area contributed by atoms with Gasteiger partial charge in [0.15, 0.2) is 0 Å². The quantitative estimate of drug-likeness (QED) is 0.298. The van der Waals surface area contributed by atoms with Gasteiger partial charge in [-0.1, -0.05) is 0 Å². The van der Waals surface area contributed by atoms with E-state index in [2.05, 4.69) is 0 Å². The highest BCUT2D eigenvalue weighted by atomic mass is 16.2. The summed E-state index contributed by atoms with van der Waals surface area (Å²) in [4.78, 5) is 40.8. The van der Waals surface area contributed by atoms with Crippen LogP contribution >= 0.6 is 0 Å². The topological polar surface area (TPSA) is 68.3 Å². The Bertz CT molecular complexity index is 201. The normalized spacial score (nSPS) is 19.6. The Kier molecular flexibility index (Phi) is 1.02. The van der Waals surface area contributed by atoms with Crippen LogP contribution in [0.3, 0.4) is 0 Å². The fourth-order valence-electron chi connectivity index (χ4n) is 0.560. The van der Waals surface area contributed by atoms with Crippen molar-refractivity contribution in [2.24, 2.45) is 0 Å². The Balaban J connectivity index is 3.04. The number of ketones is 4. The average Bonchev–Trinajstić information content (AvgIpc) is 1.98. The molecule has 0 aromatic carbocycles. The summed E-state index contributed by atoms with van der Waals surface area (Å²) >= 11 is 0. The molecule has 0 bridgehead atoms. The molecule has 0 aromatic heterocycles. The number of hydrogen-bond donors (Lipinski definition) is 0. The number of Topliss-reactive ketones (excluding diaryl/α,β-unsaturated/α-hetero) is 4. The molecule has 0 amide bonds. The Morgan fingerprint density at radius 1 is 0.778 bits per heavy atom. The van der Waals surface area contributed by atoms with Gasteiger partial charge in [0, 0.05) is 0 Å². The highest BCUT2D eigenvalue weighted by Gasteiger charge is 2.38. The molecule has 9 heavy (non-hydrogen) atoms. The Labute approximate surface area is 49.8 Å². The maximum Gasteiger partial charge on any atom is 0.272 e. The number of rotatable bonds is 0. The standard InChI is InChI=1S/C5H2O4/c6-2-1-3(7)5(9)4(2)8/h1H2. The summed E-state index contributed by atoms with van der Waals surface area (Å²) in [5.41, 5.74) is 0. The third-order valence-corrected chi connectivity index (χ3v) is 1.03. The van der Waals surface area contributed by atoms with Gasteiger partial charge in [-0.2, -0.15) is 0 Å². The van der Waals surface area contributed by atoms with Crippen molar-refractivity contribution >= 4 is 23.1 Å². The van der Waals surface area contributed by atoms with Gasteiger partial charge in [0.2, 0.25) is 11.6 Å². The summed E-state index contributed by atoms with van der Waals surface area (Å²) in [7, 11) is 0. The number of hydrogen-bond acceptors (Lipinski definition) is 4. The average molecular weight is 126 g/mol. The molecule has 0 aromatic rings. The zero-order chi connectivity index (χ0) is 7.02. The van der Waals surface area contributed by atoms with Crippen LogP contribution in [-0.2, 0) is 19.2 Å². The first-order valence-corrected chi connectivity index (χ1v) is 2.27. The van der Waals surface area contributed by atoms with E-state index in [1.54, 1.807) is 0 Å². The van der Waals surface area contributed by atoms with Crippen LogP contribution in [0.5, 0.6) is 0 Å². The van der Waals surface area contributed by atoms with Gasteiger partial charge in [-0.25, -0.2) is 0 Å². The third kappa shape index (κ3) is 0.679. The summed E-state index contributed by atoms with van der Waals surface area (Å²) in [5.74, 6) is -4.10. The molecule has 0 aliphatic heterocycles. The first-order chi connectivity index (χ1) is 4.13. The van der Waals surface area contributed by atoms with Gasteiger partial charge in [0.25, 0.3) is 11.6 Å².